The van der Waals surface area contributed by atoms with Crippen LogP contribution in [0.5, 0.6) is 5.75 Å². The standard InChI is InChI=1S/C12H15BrN2O2/c1-12(5-6-14-7-12)11(17)15-9-4-2-3-8(13)10(9)16/h2-4,14,16H,5-7H2,1H3,(H,15,17). The van der Waals surface area contributed by atoms with Gasteiger partial charge in [0.05, 0.1) is 15.6 Å². The maximum absolute atomic E-state index is 12.1. The van der Waals surface area contributed by atoms with Crippen LogP contribution in [0.3, 0.4) is 0 Å². The van der Waals surface area contributed by atoms with Crippen molar-refractivity contribution in [3.05, 3.63) is 22.7 Å². The van der Waals surface area contributed by atoms with Crippen molar-refractivity contribution in [1.82, 2.24) is 5.32 Å². The lowest BCUT2D eigenvalue weighted by atomic mass is 9.89. The number of phenolic OH excluding ortho intramolecular Hbond substituents is 1. The van der Waals surface area contributed by atoms with Gasteiger partial charge in [-0.2, -0.15) is 0 Å². The SMILES string of the molecule is CC1(C(=O)Nc2cccc(Br)c2O)CCNC1. The number of carbonyl (C=O) groups is 1. The van der Waals surface area contributed by atoms with Crippen LogP contribution in [0.1, 0.15) is 13.3 Å². The summed E-state index contributed by atoms with van der Waals surface area (Å²) in [6.07, 6.45) is 0.813. The summed E-state index contributed by atoms with van der Waals surface area (Å²) in [5.41, 5.74) is 0.0480. The monoisotopic (exact) mass is 298 g/mol. The van der Waals surface area contributed by atoms with Crippen LogP contribution in [0.2, 0.25) is 0 Å². The van der Waals surface area contributed by atoms with Crippen molar-refractivity contribution in [3.63, 3.8) is 0 Å². The topological polar surface area (TPSA) is 61.4 Å². The Hall–Kier alpha value is -1.07. The van der Waals surface area contributed by atoms with Crippen molar-refractivity contribution < 1.29 is 9.90 Å². The van der Waals surface area contributed by atoms with Gasteiger partial charge in [-0.3, -0.25) is 4.79 Å². The van der Waals surface area contributed by atoms with Gasteiger partial charge in [-0.05, 0) is 48.0 Å². The van der Waals surface area contributed by atoms with Crippen molar-refractivity contribution in [1.29, 1.82) is 0 Å². The van der Waals surface area contributed by atoms with E-state index in [1.807, 2.05) is 6.92 Å². The Bertz CT molecular complexity index is 442. The third-order valence-corrected chi connectivity index (χ3v) is 3.79. The molecule has 17 heavy (non-hydrogen) atoms. The molecule has 3 N–H and O–H groups in total. The fraction of sp³-hybridized carbons (Fsp3) is 0.417. The third-order valence-electron chi connectivity index (χ3n) is 3.15. The Balaban J connectivity index is 2.16. The van der Waals surface area contributed by atoms with E-state index >= 15 is 0 Å². The number of rotatable bonds is 2. The van der Waals surface area contributed by atoms with Crippen LogP contribution in [0.25, 0.3) is 0 Å². The molecular formula is C12H15BrN2O2. The van der Waals surface area contributed by atoms with Gasteiger partial charge in [0.1, 0.15) is 0 Å². The molecule has 1 aromatic rings. The Morgan fingerprint density at radius 2 is 2.35 bits per heavy atom. The summed E-state index contributed by atoms with van der Waals surface area (Å²) in [6.45, 7) is 3.46. The van der Waals surface area contributed by atoms with Gasteiger partial charge in [0, 0.05) is 6.54 Å². The highest BCUT2D eigenvalue weighted by Gasteiger charge is 2.36. The smallest absolute Gasteiger partial charge is 0.231 e. The molecule has 92 valence electrons. The highest BCUT2D eigenvalue weighted by Crippen LogP contribution is 2.33. The minimum atomic E-state index is -0.394. The molecule has 1 fully saturated rings. The lowest BCUT2D eigenvalue weighted by molar-refractivity contribution is -0.123. The quantitative estimate of drug-likeness (QED) is 0.733. The molecule has 0 radical (unpaired) electrons. The first-order valence-electron chi connectivity index (χ1n) is 5.52. The van der Waals surface area contributed by atoms with E-state index in [0.29, 0.717) is 16.7 Å². The Morgan fingerprint density at radius 1 is 1.59 bits per heavy atom. The summed E-state index contributed by atoms with van der Waals surface area (Å²) in [5.74, 6) is 0.00584. The van der Waals surface area contributed by atoms with Gasteiger partial charge < -0.3 is 15.7 Å². The van der Waals surface area contributed by atoms with Crippen LogP contribution in [-0.2, 0) is 4.79 Å². The molecule has 1 aliphatic rings. The average molecular weight is 299 g/mol. The molecule has 0 saturated carbocycles. The molecule has 2 rings (SSSR count). The molecule has 1 saturated heterocycles. The second kappa shape index (κ2) is 4.66. The summed E-state index contributed by atoms with van der Waals surface area (Å²) < 4.78 is 0.574. The summed E-state index contributed by atoms with van der Waals surface area (Å²) in [6, 6.07) is 5.18. The number of hydrogen-bond acceptors (Lipinski definition) is 3. The highest BCUT2D eigenvalue weighted by molar-refractivity contribution is 9.10. The molecule has 0 aromatic heterocycles. The third kappa shape index (κ3) is 2.45. The fourth-order valence-corrected chi connectivity index (χ4v) is 2.27. The zero-order valence-corrected chi connectivity index (χ0v) is 11.2. The van der Waals surface area contributed by atoms with Crippen molar-refractivity contribution in [2.75, 3.05) is 18.4 Å². The first kappa shape index (κ1) is 12.4. The van der Waals surface area contributed by atoms with Crippen LogP contribution in [0, 0.1) is 5.41 Å². The Labute approximate surface area is 109 Å². The lowest BCUT2D eigenvalue weighted by Gasteiger charge is -2.21. The average Bonchev–Trinajstić information content (AvgIpc) is 2.73. The molecule has 4 nitrogen and oxygen atoms in total. The van der Waals surface area contributed by atoms with Crippen LogP contribution in [0.15, 0.2) is 22.7 Å². The molecule has 1 aliphatic heterocycles. The van der Waals surface area contributed by atoms with Gasteiger partial charge in [0.25, 0.3) is 0 Å². The predicted molar refractivity (Wildman–Crippen MR) is 70.0 cm³/mol. The van der Waals surface area contributed by atoms with Crippen molar-refractivity contribution in [2.45, 2.75) is 13.3 Å². The zero-order valence-electron chi connectivity index (χ0n) is 9.59. The number of anilines is 1. The number of nitrogens with one attached hydrogen (secondary N) is 2. The highest BCUT2D eigenvalue weighted by atomic mass is 79.9. The first-order valence-corrected chi connectivity index (χ1v) is 6.32. The van der Waals surface area contributed by atoms with Gasteiger partial charge in [0.15, 0.2) is 5.75 Å². The molecule has 1 amide bonds. The van der Waals surface area contributed by atoms with E-state index in [-0.39, 0.29) is 11.7 Å². The first-order chi connectivity index (χ1) is 8.03. The normalized spacial score (nSPS) is 23.6. The number of benzene rings is 1. The molecule has 1 unspecified atom stereocenters. The number of para-hydroxylation sites is 1. The maximum atomic E-state index is 12.1. The van der Waals surface area contributed by atoms with E-state index in [1.165, 1.54) is 0 Å². The number of carbonyl (C=O) groups excluding carboxylic acids is 1. The predicted octanol–water partition coefficient (Wildman–Crippen LogP) is 2.09. The number of aromatic hydroxyl groups is 1. The summed E-state index contributed by atoms with van der Waals surface area (Å²) in [7, 11) is 0. The molecule has 0 spiro atoms. The molecule has 1 atom stereocenters. The summed E-state index contributed by atoms with van der Waals surface area (Å²) in [4.78, 5) is 12.1. The molecule has 0 bridgehead atoms. The van der Waals surface area contributed by atoms with Crippen LogP contribution < -0.4 is 10.6 Å². The molecular weight excluding hydrogens is 284 g/mol. The lowest BCUT2D eigenvalue weighted by Crippen LogP contribution is -2.35. The molecule has 1 heterocycles. The van der Waals surface area contributed by atoms with Gasteiger partial charge in [0.2, 0.25) is 5.91 Å². The van der Waals surface area contributed by atoms with Gasteiger partial charge in [-0.25, -0.2) is 0 Å². The summed E-state index contributed by atoms with van der Waals surface area (Å²) in [5, 5.41) is 15.7. The second-order valence-corrected chi connectivity index (χ2v) is 5.43. The van der Waals surface area contributed by atoms with Gasteiger partial charge >= 0.3 is 0 Å². The van der Waals surface area contributed by atoms with Gasteiger partial charge in [-0.15, -0.1) is 0 Å². The number of hydrogen-bond donors (Lipinski definition) is 3. The van der Waals surface area contributed by atoms with Crippen molar-refractivity contribution in [3.8, 4) is 5.75 Å². The van der Waals surface area contributed by atoms with E-state index < -0.39 is 5.41 Å². The van der Waals surface area contributed by atoms with E-state index in [9.17, 15) is 9.90 Å². The minimum Gasteiger partial charge on any atom is -0.505 e. The van der Waals surface area contributed by atoms with Crippen molar-refractivity contribution in [2.24, 2.45) is 5.41 Å². The summed E-state index contributed by atoms with van der Waals surface area (Å²) >= 11 is 3.22. The molecule has 0 aliphatic carbocycles. The Morgan fingerprint density at radius 3 is 3.00 bits per heavy atom. The van der Waals surface area contributed by atoms with Crippen molar-refractivity contribution >= 4 is 27.5 Å². The maximum Gasteiger partial charge on any atom is 0.231 e. The number of amides is 1. The Kier molecular flexibility index (Phi) is 3.40. The van der Waals surface area contributed by atoms with Crippen LogP contribution >= 0.6 is 15.9 Å². The van der Waals surface area contributed by atoms with E-state index in [0.717, 1.165) is 13.0 Å². The van der Waals surface area contributed by atoms with Crippen LogP contribution in [-0.4, -0.2) is 24.1 Å². The number of phenols is 1. The largest absolute Gasteiger partial charge is 0.505 e. The molecule has 5 heteroatoms. The molecule has 1 aromatic carbocycles. The van der Waals surface area contributed by atoms with Gasteiger partial charge in [-0.1, -0.05) is 6.07 Å². The second-order valence-electron chi connectivity index (χ2n) is 4.58. The fourth-order valence-electron chi connectivity index (χ4n) is 1.90. The van der Waals surface area contributed by atoms with E-state index in [4.69, 9.17) is 0 Å². The van der Waals surface area contributed by atoms with E-state index in [2.05, 4.69) is 26.6 Å². The zero-order chi connectivity index (χ0) is 12.5. The van der Waals surface area contributed by atoms with E-state index in [1.54, 1.807) is 18.2 Å². The van der Waals surface area contributed by atoms with Crippen LogP contribution in [0.4, 0.5) is 5.69 Å². The number of halogens is 1. The minimum absolute atomic E-state index is 0.0594.